The fourth-order valence-corrected chi connectivity index (χ4v) is 1.95. The van der Waals surface area contributed by atoms with Gasteiger partial charge in [-0.25, -0.2) is 0 Å². The third-order valence-corrected chi connectivity index (χ3v) is 2.85. The minimum absolute atomic E-state index is 0.728. The van der Waals surface area contributed by atoms with Crippen LogP contribution in [-0.2, 0) is 6.54 Å². The van der Waals surface area contributed by atoms with Gasteiger partial charge in [-0.1, -0.05) is 11.6 Å². The SMILES string of the molecule is CCNc1nnc(-c2cc(C)ccc2N)n1CC. The molecule has 0 bridgehead atoms. The monoisotopic (exact) mass is 245 g/mol. The summed E-state index contributed by atoms with van der Waals surface area (Å²) in [7, 11) is 0. The lowest BCUT2D eigenvalue weighted by Gasteiger charge is -2.10. The van der Waals surface area contributed by atoms with Gasteiger partial charge in [0.1, 0.15) is 0 Å². The minimum atomic E-state index is 0.728. The summed E-state index contributed by atoms with van der Waals surface area (Å²) in [5.41, 5.74) is 8.85. The van der Waals surface area contributed by atoms with Crippen molar-refractivity contribution in [2.75, 3.05) is 17.6 Å². The van der Waals surface area contributed by atoms with Gasteiger partial charge in [-0.3, -0.25) is 4.57 Å². The van der Waals surface area contributed by atoms with Crippen molar-refractivity contribution in [1.29, 1.82) is 0 Å². The Morgan fingerprint density at radius 2 is 2.06 bits per heavy atom. The second kappa shape index (κ2) is 5.08. The van der Waals surface area contributed by atoms with E-state index in [2.05, 4.69) is 22.4 Å². The molecule has 0 aliphatic heterocycles. The van der Waals surface area contributed by atoms with E-state index in [1.807, 2.05) is 36.6 Å². The summed E-state index contributed by atoms with van der Waals surface area (Å²) >= 11 is 0. The first-order chi connectivity index (χ1) is 8.67. The van der Waals surface area contributed by atoms with Crippen LogP contribution >= 0.6 is 0 Å². The largest absolute Gasteiger partial charge is 0.398 e. The standard InChI is InChI=1S/C13H19N5/c1-4-15-13-17-16-12(18(13)5-2)10-8-9(3)6-7-11(10)14/h6-8H,4-5,14H2,1-3H3,(H,15,17). The molecule has 18 heavy (non-hydrogen) atoms. The van der Waals surface area contributed by atoms with Crippen molar-refractivity contribution in [2.24, 2.45) is 0 Å². The number of nitrogens with one attached hydrogen (secondary N) is 1. The first-order valence-corrected chi connectivity index (χ1v) is 6.21. The highest BCUT2D eigenvalue weighted by Gasteiger charge is 2.14. The predicted molar refractivity (Wildman–Crippen MR) is 74.4 cm³/mol. The van der Waals surface area contributed by atoms with Crippen molar-refractivity contribution in [3.05, 3.63) is 23.8 Å². The summed E-state index contributed by atoms with van der Waals surface area (Å²) in [4.78, 5) is 0. The first kappa shape index (κ1) is 12.4. The lowest BCUT2D eigenvalue weighted by Crippen LogP contribution is -2.07. The third kappa shape index (κ3) is 2.16. The lowest BCUT2D eigenvalue weighted by molar-refractivity contribution is 0.770. The minimum Gasteiger partial charge on any atom is -0.398 e. The molecule has 2 rings (SSSR count). The molecule has 5 heteroatoms. The summed E-state index contributed by atoms with van der Waals surface area (Å²) < 4.78 is 2.04. The van der Waals surface area contributed by atoms with Crippen LogP contribution in [0.2, 0.25) is 0 Å². The first-order valence-electron chi connectivity index (χ1n) is 6.21. The second-order valence-electron chi connectivity index (χ2n) is 4.21. The quantitative estimate of drug-likeness (QED) is 0.811. The molecule has 0 saturated carbocycles. The maximum absolute atomic E-state index is 6.03. The summed E-state index contributed by atoms with van der Waals surface area (Å²) in [5, 5.41) is 11.6. The number of nitrogens with zero attached hydrogens (tertiary/aromatic N) is 3. The zero-order chi connectivity index (χ0) is 13.1. The van der Waals surface area contributed by atoms with E-state index < -0.39 is 0 Å². The molecule has 0 fully saturated rings. The highest BCUT2D eigenvalue weighted by molar-refractivity contribution is 5.73. The highest BCUT2D eigenvalue weighted by Crippen LogP contribution is 2.27. The summed E-state index contributed by atoms with van der Waals surface area (Å²) in [6.45, 7) is 7.77. The van der Waals surface area contributed by atoms with Crippen molar-refractivity contribution < 1.29 is 0 Å². The number of aromatic nitrogens is 3. The Morgan fingerprint density at radius 3 is 2.72 bits per heavy atom. The lowest BCUT2D eigenvalue weighted by atomic mass is 10.1. The molecule has 5 nitrogen and oxygen atoms in total. The van der Waals surface area contributed by atoms with Gasteiger partial charge in [-0.2, -0.15) is 0 Å². The van der Waals surface area contributed by atoms with Gasteiger partial charge < -0.3 is 11.1 Å². The Bertz CT molecular complexity index is 544. The van der Waals surface area contributed by atoms with E-state index in [4.69, 9.17) is 5.73 Å². The van der Waals surface area contributed by atoms with Gasteiger partial charge in [-0.05, 0) is 32.9 Å². The Labute approximate surface area is 107 Å². The van der Waals surface area contributed by atoms with E-state index in [0.717, 1.165) is 41.7 Å². The molecule has 1 aromatic heterocycles. The zero-order valence-electron chi connectivity index (χ0n) is 11.1. The molecule has 2 aromatic rings. The van der Waals surface area contributed by atoms with E-state index in [9.17, 15) is 0 Å². The second-order valence-corrected chi connectivity index (χ2v) is 4.21. The Balaban J connectivity index is 2.53. The van der Waals surface area contributed by atoms with Crippen molar-refractivity contribution >= 4 is 11.6 Å². The van der Waals surface area contributed by atoms with E-state index in [1.54, 1.807) is 0 Å². The Morgan fingerprint density at radius 1 is 1.28 bits per heavy atom. The molecule has 0 aliphatic rings. The topological polar surface area (TPSA) is 68.8 Å². The van der Waals surface area contributed by atoms with Crippen LogP contribution in [-0.4, -0.2) is 21.3 Å². The van der Waals surface area contributed by atoms with Crippen LogP contribution in [0.1, 0.15) is 19.4 Å². The Kier molecular flexibility index (Phi) is 3.50. The smallest absolute Gasteiger partial charge is 0.224 e. The molecule has 0 radical (unpaired) electrons. The molecular formula is C13H19N5. The molecule has 0 unspecified atom stereocenters. The van der Waals surface area contributed by atoms with Crippen LogP contribution in [0.25, 0.3) is 11.4 Å². The number of rotatable bonds is 4. The van der Waals surface area contributed by atoms with Crippen LogP contribution in [0.3, 0.4) is 0 Å². The molecule has 3 N–H and O–H groups in total. The van der Waals surface area contributed by atoms with Crippen LogP contribution in [0.4, 0.5) is 11.6 Å². The normalized spacial score (nSPS) is 10.6. The molecule has 0 saturated heterocycles. The van der Waals surface area contributed by atoms with E-state index in [0.29, 0.717) is 0 Å². The van der Waals surface area contributed by atoms with Crippen LogP contribution in [0.15, 0.2) is 18.2 Å². The van der Waals surface area contributed by atoms with Crippen molar-refractivity contribution in [2.45, 2.75) is 27.3 Å². The molecule has 0 spiro atoms. The van der Waals surface area contributed by atoms with Crippen molar-refractivity contribution in [1.82, 2.24) is 14.8 Å². The van der Waals surface area contributed by atoms with Gasteiger partial charge in [0.25, 0.3) is 0 Å². The number of hydrogen-bond donors (Lipinski definition) is 2. The molecule has 1 heterocycles. The Hall–Kier alpha value is -2.04. The van der Waals surface area contributed by atoms with Gasteiger partial charge in [0.2, 0.25) is 5.95 Å². The predicted octanol–water partition coefficient (Wildman–Crippen LogP) is 2.29. The summed E-state index contributed by atoms with van der Waals surface area (Å²) in [5.74, 6) is 1.60. The summed E-state index contributed by atoms with van der Waals surface area (Å²) in [6, 6.07) is 5.95. The van der Waals surface area contributed by atoms with Gasteiger partial charge in [-0.15, -0.1) is 10.2 Å². The van der Waals surface area contributed by atoms with Gasteiger partial charge in [0.05, 0.1) is 0 Å². The van der Waals surface area contributed by atoms with Crippen molar-refractivity contribution in [3.8, 4) is 11.4 Å². The molecule has 0 amide bonds. The molecule has 1 aromatic carbocycles. The number of benzene rings is 1. The molecular weight excluding hydrogens is 226 g/mol. The number of aryl methyl sites for hydroxylation is 1. The van der Waals surface area contributed by atoms with E-state index in [1.165, 1.54) is 0 Å². The van der Waals surface area contributed by atoms with Gasteiger partial charge >= 0.3 is 0 Å². The van der Waals surface area contributed by atoms with Gasteiger partial charge in [0.15, 0.2) is 5.82 Å². The number of nitrogen functional groups attached to an aromatic ring is 1. The third-order valence-electron chi connectivity index (χ3n) is 2.85. The van der Waals surface area contributed by atoms with Gasteiger partial charge in [0, 0.05) is 24.3 Å². The number of nitrogens with two attached hydrogens (primary N) is 1. The van der Waals surface area contributed by atoms with E-state index in [-0.39, 0.29) is 0 Å². The van der Waals surface area contributed by atoms with Crippen LogP contribution in [0.5, 0.6) is 0 Å². The number of anilines is 2. The molecule has 0 aliphatic carbocycles. The maximum Gasteiger partial charge on any atom is 0.224 e. The average molecular weight is 245 g/mol. The van der Waals surface area contributed by atoms with Crippen LogP contribution in [0, 0.1) is 6.92 Å². The average Bonchev–Trinajstić information content (AvgIpc) is 2.75. The summed E-state index contributed by atoms with van der Waals surface area (Å²) in [6.07, 6.45) is 0. The van der Waals surface area contributed by atoms with E-state index >= 15 is 0 Å². The fraction of sp³-hybridized carbons (Fsp3) is 0.385. The maximum atomic E-state index is 6.03. The van der Waals surface area contributed by atoms with Crippen LogP contribution < -0.4 is 11.1 Å². The zero-order valence-corrected chi connectivity index (χ0v) is 11.1. The molecule has 0 atom stereocenters. The fourth-order valence-electron chi connectivity index (χ4n) is 1.95. The molecule has 96 valence electrons. The van der Waals surface area contributed by atoms with Crippen molar-refractivity contribution in [3.63, 3.8) is 0 Å². The highest BCUT2D eigenvalue weighted by atomic mass is 15.3. The number of hydrogen-bond acceptors (Lipinski definition) is 4.